The minimum Gasteiger partial charge on any atom is -0.400 e. The molecule has 2 aromatic rings. The lowest BCUT2D eigenvalue weighted by Crippen LogP contribution is -2.25. The molecule has 2 rings (SSSR count). The first-order valence-corrected chi connectivity index (χ1v) is 5.88. The van der Waals surface area contributed by atoms with Crippen LogP contribution in [0.5, 0.6) is 0 Å². The zero-order chi connectivity index (χ0) is 15.2. The molecule has 1 atom stereocenters. The van der Waals surface area contributed by atoms with Gasteiger partial charge in [-0.05, 0) is 11.6 Å². The third kappa shape index (κ3) is 3.74. The van der Waals surface area contributed by atoms with Gasteiger partial charge in [-0.1, -0.05) is 30.3 Å². The van der Waals surface area contributed by atoms with Crippen molar-refractivity contribution in [1.29, 1.82) is 0 Å². The van der Waals surface area contributed by atoms with Crippen LogP contribution < -0.4 is 5.43 Å². The van der Waals surface area contributed by atoms with Gasteiger partial charge in [0, 0.05) is 0 Å². The minimum absolute atomic E-state index is 0.108. The van der Waals surface area contributed by atoms with Crippen molar-refractivity contribution >= 4 is 18.0 Å². The van der Waals surface area contributed by atoms with E-state index in [-0.39, 0.29) is 5.76 Å². The lowest BCUT2D eigenvalue weighted by atomic mass is 10.1. The first-order chi connectivity index (χ1) is 10.1. The second-order valence-electron chi connectivity index (χ2n) is 3.98. The normalized spacial score (nSPS) is 12.2. The van der Waals surface area contributed by atoms with Crippen LogP contribution in [-0.2, 0) is 4.79 Å². The summed E-state index contributed by atoms with van der Waals surface area (Å²) in [6.45, 7) is 0. The zero-order valence-electron chi connectivity index (χ0n) is 10.7. The van der Waals surface area contributed by atoms with Crippen LogP contribution in [0.25, 0.3) is 0 Å². The summed E-state index contributed by atoms with van der Waals surface area (Å²) in [6.07, 6.45) is -0.253. The Balaban J connectivity index is 1.94. The highest BCUT2D eigenvalue weighted by atomic mass is 16.6. The first-order valence-electron chi connectivity index (χ1n) is 5.88. The number of nitrogens with one attached hydrogen (secondary N) is 1. The van der Waals surface area contributed by atoms with Crippen LogP contribution in [0.3, 0.4) is 0 Å². The van der Waals surface area contributed by atoms with Gasteiger partial charge in [0.25, 0.3) is 5.91 Å². The highest BCUT2D eigenvalue weighted by Crippen LogP contribution is 2.14. The molecule has 2 N–H and O–H groups in total. The molecule has 1 heterocycles. The van der Waals surface area contributed by atoms with Gasteiger partial charge in [0.2, 0.25) is 0 Å². The molecule has 0 aliphatic rings. The molecule has 0 aliphatic heterocycles. The maximum absolute atomic E-state index is 11.6. The van der Waals surface area contributed by atoms with Gasteiger partial charge in [0.15, 0.2) is 11.9 Å². The van der Waals surface area contributed by atoms with Gasteiger partial charge in [-0.3, -0.25) is 14.9 Å². The molecule has 8 heteroatoms. The molecule has 0 saturated carbocycles. The third-order valence-electron chi connectivity index (χ3n) is 2.52. The number of hydrogen-bond acceptors (Lipinski definition) is 6. The Labute approximate surface area is 118 Å². The van der Waals surface area contributed by atoms with E-state index in [1.807, 2.05) is 0 Å². The Kier molecular flexibility index (Phi) is 4.42. The molecule has 0 bridgehead atoms. The van der Waals surface area contributed by atoms with E-state index in [1.165, 1.54) is 12.1 Å². The number of furan rings is 1. The van der Waals surface area contributed by atoms with Crippen molar-refractivity contribution in [2.75, 3.05) is 0 Å². The van der Waals surface area contributed by atoms with Crippen LogP contribution in [-0.4, -0.2) is 22.2 Å². The Morgan fingerprint density at radius 2 is 2.05 bits per heavy atom. The zero-order valence-corrected chi connectivity index (χ0v) is 10.7. The molecule has 108 valence electrons. The molecule has 0 saturated heterocycles. The lowest BCUT2D eigenvalue weighted by molar-refractivity contribution is -0.402. The molecule has 0 spiro atoms. The predicted molar refractivity (Wildman–Crippen MR) is 72.5 cm³/mol. The number of carbonyl (C=O) groups is 1. The van der Waals surface area contributed by atoms with Crippen LogP contribution in [0.4, 0.5) is 5.88 Å². The highest BCUT2D eigenvalue weighted by molar-refractivity contribution is 5.84. The number of rotatable bonds is 5. The van der Waals surface area contributed by atoms with E-state index >= 15 is 0 Å². The van der Waals surface area contributed by atoms with E-state index in [1.54, 1.807) is 30.3 Å². The van der Waals surface area contributed by atoms with Gasteiger partial charge in [0.05, 0.1) is 12.3 Å². The molecule has 8 nitrogen and oxygen atoms in total. The molecule has 1 aromatic carbocycles. The number of hydrogen-bond donors (Lipinski definition) is 2. The summed E-state index contributed by atoms with van der Waals surface area (Å²) in [5, 5.41) is 23.7. The molecular formula is C13H11N3O5. The molecular weight excluding hydrogens is 278 g/mol. The van der Waals surface area contributed by atoms with Gasteiger partial charge in [-0.15, -0.1) is 0 Å². The van der Waals surface area contributed by atoms with Gasteiger partial charge in [-0.25, -0.2) is 5.43 Å². The number of hydrazone groups is 1. The van der Waals surface area contributed by atoms with Crippen LogP contribution >= 0.6 is 0 Å². The van der Waals surface area contributed by atoms with Gasteiger partial charge in [0.1, 0.15) is 4.92 Å². The summed E-state index contributed by atoms with van der Waals surface area (Å²) in [5.41, 5.74) is 2.55. The Morgan fingerprint density at radius 1 is 1.33 bits per heavy atom. The molecule has 0 radical (unpaired) electrons. The van der Waals surface area contributed by atoms with E-state index < -0.39 is 22.8 Å². The maximum Gasteiger partial charge on any atom is 0.433 e. The van der Waals surface area contributed by atoms with Crippen LogP contribution in [0.1, 0.15) is 17.4 Å². The van der Waals surface area contributed by atoms with Crippen molar-refractivity contribution in [2.45, 2.75) is 6.10 Å². The summed E-state index contributed by atoms with van der Waals surface area (Å²) in [5.74, 6) is -1.04. The largest absolute Gasteiger partial charge is 0.433 e. The molecule has 1 aromatic heterocycles. The average molecular weight is 289 g/mol. The van der Waals surface area contributed by atoms with Crippen molar-refractivity contribution in [3.8, 4) is 0 Å². The van der Waals surface area contributed by atoms with Crippen molar-refractivity contribution < 1.29 is 19.2 Å². The predicted octanol–water partition coefficient (Wildman–Crippen LogP) is 1.37. The maximum atomic E-state index is 11.6. The van der Waals surface area contributed by atoms with Gasteiger partial charge in [-0.2, -0.15) is 5.10 Å². The van der Waals surface area contributed by atoms with Gasteiger partial charge < -0.3 is 9.52 Å². The van der Waals surface area contributed by atoms with Gasteiger partial charge >= 0.3 is 5.88 Å². The first kappa shape index (κ1) is 14.4. The summed E-state index contributed by atoms with van der Waals surface area (Å²) in [6, 6.07) is 10.8. The topological polar surface area (TPSA) is 118 Å². The van der Waals surface area contributed by atoms with Crippen molar-refractivity contribution in [3.63, 3.8) is 0 Å². The molecule has 0 aliphatic carbocycles. The molecule has 0 fully saturated rings. The number of aliphatic hydroxyl groups is 1. The fourth-order valence-corrected chi connectivity index (χ4v) is 1.52. The third-order valence-corrected chi connectivity index (χ3v) is 2.52. The Morgan fingerprint density at radius 3 is 2.67 bits per heavy atom. The number of nitrogens with zero attached hydrogens (tertiary/aromatic N) is 2. The monoisotopic (exact) mass is 289 g/mol. The van der Waals surface area contributed by atoms with E-state index in [9.17, 15) is 20.0 Å². The summed E-state index contributed by atoms with van der Waals surface area (Å²) in [4.78, 5) is 21.4. The van der Waals surface area contributed by atoms with E-state index in [4.69, 9.17) is 4.42 Å². The highest BCUT2D eigenvalue weighted by Gasteiger charge is 2.16. The SMILES string of the molecule is O=C(NN=Cc1ccc([N+](=O)[O-])o1)[C@@H](O)c1ccccc1. The Hall–Kier alpha value is -3.00. The van der Waals surface area contributed by atoms with Crippen LogP contribution in [0.15, 0.2) is 52.0 Å². The number of aliphatic hydroxyl groups excluding tert-OH is 1. The average Bonchev–Trinajstić information content (AvgIpc) is 2.96. The van der Waals surface area contributed by atoms with E-state index in [0.717, 1.165) is 6.21 Å². The summed E-state index contributed by atoms with van der Waals surface area (Å²) >= 11 is 0. The van der Waals surface area contributed by atoms with Crippen LogP contribution in [0, 0.1) is 10.1 Å². The fraction of sp³-hybridized carbons (Fsp3) is 0.0769. The lowest BCUT2D eigenvalue weighted by Gasteiger charge is -2.08. The second-order valence-corrected chi connectivity index (χ2v) is 3.98. The number of carbonyl (C=O) groups excluding carboxylic acids is 1. The number of nitro groups is 1. The molecule has 21 heavy (non-hydrogen) atoms. The van der Waals surface area contributed by atoms with E-state index in [0.29, 0.717) is 5.56 Å². The summed E-state index contributed by atoms with van der Waals surface area (Å²) in [7, 11) is 0. The number of benzene rings is 1. The minimum atomic E-state index is -1.35. The second kappa shape index (κ2) is 6.44. The van der Waals surface area contributed by atoms with Crippen molar-refractivity contribution in [3.05, 3.63) is 63.9 Å². The smallest absolute Gasteiger partial charge is 0.400 e. The molecule has 0 unspecified atom stereocenters. The molecule has 1 amide bonds. The summed E-state index contributed by atoms with van der Waals surface area (Å²) < 4.78 is 4.81. The van der Waals surface area contributed by atoms with Crippen molar-refractivity contribution in [2.24, 2.45) is 5.10 Å². The van der Waals surface area contributed by atoms with Crippen molar-refractivity contribution in [1.82, 2.24) is 5.43 Å². The Bertz CT molecular complexity index is 665. The van der Waals surface area contributed by atoms with E-state index in [2.05, 4.69) is 10.5 Å². The standard InChI is InChI=1S/C13H11N3O5/c17-12(9-4-2-1-3-5-9)13(18)15-14-8-10-6-7-11(21-10)16(19)20/h1-8,12,17H,(H,15,18)/t12-/m0/s1. The quantitative estimate of drug-likeness (QED) is 0.489. The number of amides is 1. The fourth-order valence-electron chi connectivity index (χ4n) is 1.52. The van der Waals surface area contributed by atoms with Crippen LogP contribution in [0.2, 0.25) is 0 Å².